The second kappa shape index (κ2) is 15.4. The molecule has 0 aliphatic heterocycles. The highest BCUT2D eigenvalue weighted by atomic mass is 16.3. The van der Waals surface area contributed by atoms with Crippen molar-refractivity contribution in [3.05, 3.63) is 243 Å². The van der Waals surface area contributed by atoms with Crippen LogP contribution < -0.4 is 9.80 Å². The molecule has 13 rings (SSSR count). The zero-order valence-electron chi connectivity index (χ0n) is 35.8. The van der Waals surface area contributed by atoms with E-state index in [1.54, 1.807) is 0 Å². The normalized spacial score (nSPS) is 11.6. The summed E-state index contributed by atoms with van der Waals surface area (Å²) in [5.74, 6) is 0. The molecule has 0 atom stereocenters. The molecule has 11 aromatic carbocycles. The molecule has 13 aromatic rings. The minimum Gasteiger partial charge on any atom is -0.456 e. The van der Waals surface area contributed by atoms with Crippen molar-refractivity contribution in [3.8, 4) is 22.3 Å². The lowest BCUT2D eigenvalue weighted by molar-refractivity contribution is 0.668. The van der Waals surface area contributed by atoms with E-state index in [0.717, 1.165) is 122 Å². The van der Waals surface area contributed by atoms with Crippen LogP contribution in [0.15, 0.2) is 251 Å². The third-order valence-electron chi connectivity index (χ3n) is 13.0. The van der Waals surface area contributed by atoms with E-state index < -0.39 is 0 Å². The maximum atomic E-state index is 6.60. The summed E-state index contributed by atoms with van der Waals surface area (Å²) in [6, 6.07) is 86.6. The first-order chi connectivity index (χ1) is 32.8. The first kappa shape index (κ1) is 37.7. The van der Waals surface area contributed by atoms with E-state index in [4.69, 9.17) is 8.83 Å². The van der Waals surface area contributed by atoms with Gasteiger partial charge >= 0.3 is 0 Å². The summed E-state index contributed by atoms with van der Waals surface area (Å²) in [5, 5.41) is 8.67. The molecule has 0 unspecified atom stereocenters. The number of hydrogen-bond donors (Lipinski definition) is 0. The second-order valence-electron chi connectivity index (χ2n) is 16.8. The SMILES string of the molecule is c1ccc(-c2ccc3c(N(c4ccccc4)c4cccc5oc6ccccc6c45)c4cc(-c5ccccc5)ccc4c(N(c4ccccc4)c4cccc5oc6ccccc6c45)c3c2)cc1. The molecule has 66 heavy (non-hydrogen) atoms. The molecule has 310 valence electrons. The van der Waals surface area contributed by atoms with Gasteiger partial charge in [-0.15, -0.1) is 0 Å². The first-order valence-electron chi connectivity index (χ1n) is 22.4. The van der Waals surface area contributed by atoms with Gasteiger partial charge in [0.25, 0.3) is 0 Å². The summed E-state index contributed by atoms with van der Waals surface area (Å²) in [6.07, 6.45) is 0. The highest BCUT2D eigenvalue weighted by Gasteiger charge is 2.29. The lowest BCUT2D eigenvalue weighted by Gasteiger charge is -2.33. The molecule has 0 saturated heterocycles. The van der Waals surface area contributed by atoms with E-state index in [-0.39, 0.29) is 0 Å². The Bertz CT molecular complexity index is 3670. The van der Waals surface area contributed by atoms with Crippen LogP contribution in [0.3, 0.4) is 0 Å². The van der Waals surface area contributed by atoms with Gasteiger partial charge in [-0.25, -0.2) is 0 Å². The Labute approximate surface area is 381 Å². The van der Waals surface area contributed by atoms with Crippen LogP contribution in [0, 0.1) is 0 Å². The fourth-order valence-electron chi connectivity index (χ4n) is 10.1. The van der Waals surface area contributed by atoms with E-state index in [0.29, 0.717) is 0 Å². The Kier molecular flexibility index (Phi) is 8.81. The molecule has 0 saturated carbocycles. The van der Waals surface area contributed by atoms with Crippen LogP contribution in [0.2, 0.25) is 0 Å². The average molecular weight is 845 g/mol. The molecule has 0 bridgehead atoms. The van der Waals surface area contributed by atoms with Crippen LogP contribution in [0.5, 0.6) is 0 Å². The minimum absolute atomic E-state index is 0.840. The van der Waals surface area contributed by atoms with Crippen molar-refractivity contribution in [2.45, 2.75) is 0 Å². The Morgan fingerprint density at radius 3 is 1.03 bits per heavy atom. The van der Waals surface area contributed by atoms with Crippen LogP contribution >= 0.6 is 0 Å². The number of fused-ring (bicyclic) bond motifs is 8. The van der Waals surface area contributed by atoms with Crippen LogP contribution in [0.4, 0.5) is 34.1 Å². The van der Waals surface area contributed by atoms with Crippen LogP contribution in [0.25, 0.3) is 87.7 Å². The first-order valence-corrected chi connectivity index (χ1v) is 22.4. The van der Waals surface area contributed by atoms with E-state index in [2.05, 4.69) is 240 Å². The van der Waals surface area contributed by atoms with E-state index >= 15 is 0 Å². The largest absolute Gasteiger partial charge is 0.456 e. The summed E-state index contributed by atoms with van der Waals surface area (Å²) in [4.78, 5) is 4.93. The van der Waals surface area contributed by atoms with Crippen molar-refractivity contribution in [3.63, 3.8) is 0 Å². The van der Waals surface area contributed by atoms with Gasteiger partial charge in [0.2, 0.25) is 0 Å². The quantitative estimate of drug-likeness (QED) is 0.113. The van der Waals surface area contributed by atoms with Crippen molar-refractivity contribution in [1.82, 2.24) is 0 Å². The molecule has 0 fully saturated rings. The maximum Gasteiger partial charge on any atom is 0.137 e. The van der Waals surface area contributed by atoms with Gasteiger partial charge in [0.1, 0.15) is 22.3 Å². The smallest absolute Gasteiger partial charge is 0.137 e. The van der Waals surface area contributed by atoms with Gasteiger partial charge in [-0.1, -0.05) is 170 Å². The molecule has 0 N–H and O–H groups in total. The Morgan fingerprint density at radius 2 is 0.606 bits per heavy atom. The summed E-state index contributed by atoms with van der Waals surface area (Å²) >= 11 is 0. The summed E-state index contributed by atoms with van der Waals surface area (Å²) in [5.41, 5.74) is 14.2. The number of benzene rings is 11. The monoisotopic (exact) mass is 844 g/mol. The van der Waals surface area contributed by atoms with E-state index in [9.17, 15) is 0 Å². The second-order valence-corrected chi connectivity index (χ2v) is 16.8. The van der Waals surface area contributed by atoms with Crippen molar-refractivity contribution in [2.75, 3.05) is 9.80 Å². The highest BCUT2D eigenvalue weighted by Crippen LogP contribution is 2.55. The third-order valence-corrected chi connectivity index (χ3v) is 13.0. The van der Waals surface area contributed by atoms with Crippen molar-refractivity contribution >= 4 is 99.5 Å². The molecular weight excluding hydrogens is 805 g/mol. The number of nitrogens with zero attached hydrogens (tertiary/aromatic N) is 2. The summed E-state index contributed by atoms with van der Waals surface area (Å²) in [6.45, 7) is 0. The van der Waals surface area contributed by atoms with Crippen molar-refractivity contribution in [1.29, 1.82) is 0 Å². The summed E-state index contributed by atoms with van der Waals surface area (Å²) in [7, 11) is 0. The van der Waals surface area contributed by atoms with Gasteiger partial charge in [-0.2, -0.15) is 0 Å². The van der Waals surface area contributed by atoms with Gasteiger partial charge in [0.15, 0.2) is 0 Å². The molecular formula is C62H40N2O2. The molecule has 0 aliphatic rings. The topological polar surface area (TPSA) is 32.8 Å². The predicted octanol–water partition coefficient (Wildman–Crippen LogP) is 18.1. The zero-order chi connectivity index (χ0) is 43.6. The highest BCUT2D eigenvalue weighted by molar-refractivity contribution is 6.27. The fourth-order valence-corrected chi connectivity index (χ4v) is 10.1. The van der Waals surface area contributed by atoms with Gasteiger partial charge in [-0.05, 0) is 95.1 Å². The molecule has 0 amide bonds. The lowest BCUT2D eigenvalue weighted by atomic mass is 9.90. The fraction of sp³-hybridized carbons (Fsp3) is 0. The van der Waals surface area contributed by atoms with Gasteiger partial charge < -0.3 is 18.6 Å². The minimum atomic E-state index is 0.840. The van der Waals surface area contributed by atoms with Crippen molar-refractivity contribution in [2.24, 2.45) is 0 Å². The molecule has 4 nitrogen and oxygen atoms in total. The number of para-hydroxylation sites is 4. The molecule has 0 spiro atoms. The Balaban J connectivity index is 1.24. The Hall–Kier alpha value is -8.86. The number of anilines is 6. The number of hydrogen-bond acceptors (Lipinski definition) is 4. The summed E-state index contributed by atoms with van der Waals surface area (Å²) < 4.78 is 13.2. The number of rotatable bonds is 8. The Morgan fingerprint density at radius 1 is 0.242 bits per heavy atom. The number of furan rings is 2. The van der Waals surface area contributed by atoms with E-state index in [1.807, 2.05) is 12.1 Å². The third kappa shape index (κ3) is 6.07. The molecule has 0 radical (unpaired) electrons. The van der Waals surface area contributed by atoms with Crippen LogP contribution in [-0.2, 0) is 0 Å². The molecule has 4 heteroatoms. The molecule has 2 heterocycles. The maximum absolute atomic E-state index is 6.60. The van der Waals surface area contributed by atoms with Crippen LogP contribution in [0.1, 0.15) is 0 Å². The van der Waals surface area contributed by atoms with Crippen LogP contribution in [-0.4, -0.2) is 0 Å². The van der Waals surface area contributed by atoms with Gasteiger partial charge in [0.05, 0.1) is 33.5 Å². The lowest BCUT2D eigenvalue weighted by Crippen LogP contribution is -2.15. The zero-order valence-corrected chi connectivity index (χ0v) is 35.8. The predicted molar refractivity (Wildman–Crippen MR) is 276 cm³/mol. The standard InChI is InChI=1S/C62H40N2O2/c1-5-19-41(20-6-1)43-35-37-47-51(39-43)61(63(45-23-9-3-10-24-45)53-29-17-33-57-59(53)49-27-13-15-31-55(49)65-57)48-38-36-44(42-21-7-2-8-22-42)40-52(48)62(47)64(46-25-11-4-12-26-46)54-30-18-34-58-60(54)50-28-14-16-32-56(50)66-58/h1-40H. The van der Waals surface area contributed by atoms with Gasteiger partial charge in [0, 0.05) is 43.7 Å². The molecule has 0 aliphatic carbocycles. The molecule has 2 aromatic heterocycles. The van der Waals surface area contributed by atoms with Gasteiger partial charge in [-0.3, -0.25) is 0 Å². The van der Waals surface area contributed by atoms with Crippen molar-refractivity contribution < 1.29 is 8.83 Å². The average Bonchev–Trinajstić information content (AvgIpc) is 3.97. The van der Waals surface area contributed by atoms with E-state index in [1.165, 1.54) is 0 Å².